The Hall–Kier alpha value is -3.56. The quantitative estimate of drug-likeness (QED) is 0.440. The van der Waals surface area contributed by atoms with Gasteiger partial charge in [0.05, 0.1) is 11.1 Å². The van der Waals surface area contributed by atoms with E-state index in [4.69, 9.17) is 4.98 Å². The molecule has 0 saturated carbocycles. The Labute approximate surface area is 209 Å². The smallest absolute Gasteiger partial charge is 0.229 e. The minimum Gasteiger partial charge on any atom is -0.384 e. The molecule has 3 aromatic heterocycles. The summed E-state index contributed by atoms with van der Waals surface area (Å²) in [4.78, 5) is 18.4. The molecule has 0 radical (unpaired) electrons. The molecule has 1 aliphatic carbocycles. The van der Waals surface area contributed by atoms with E-state index in [1.807, 2.05) is 31.2 Å². The molecule has 9 heteroatoms. The molecular formula is C27H30FN7O. The molecule has 2 N–H and O–H groups in total. The second-order valence-corrected chi connectivity index (χ2v) is 9.80. The number of nitrogens with zero attached hydrogens (tertiary/aromatic N) is 6. The van der Waals surface area contributed by atoms with E-state index in [0.717, 1.165) is 43.9 Å². The van der Waals surface area contributed by atoms with Crippen LogP contribution in [-0.2, 0) is 12.0 Å². The topological polar surface area (TPSA) is 82.3 Å². The third-order valence-corrected chi connectivity index (χ3v) is 7.53. The molecule has 6 rings (SSSR count). The van der Waals surface area contributed by atoms with Crippen LogP contribution in [0.1, 0.15) is 31.0 Å². The molecule has 36 heavy (non-hydrogen) atoms. The van der Waals surface area contributed by atoms with Gasteiger partial charge in [0.1, 0.15) is 11.4 Å². The molecule has 4 heterocycles. The van der Waals surface area contributed by atoms with E-state index in [2.05, 4.69) is 44.3 Å². The summed E-state index contributed by atoms with van der Waals surface area (Å²) in [5.74, 6) is 0.485. The van der Waals surface area contributed by atoms with Gasteiger partial charge in [0.15, 0.2) is 11.5 Å². The Morgan fingerprint density at radius 3 is 2.58 bits per heavy atom. The molecule has 1 fully saturated rings. The predicted molar refractivity (Wildman–Crippen MR) is 139 cm³/mol. The lowest BCUT2D eigenvalue weighted by Gasteiger charge is -2.34. The molecule has 0 unspecified atom stereocenters. The number of halogens is 1. The Morgan fingerprint density at radius 1 is 1.06 bits per heavy atom. The van der Waals surface area contributed by atoms with Gasteiger partial charge in [-0.25, -0.2) is 14.4 Å². The number of likely N-dealkylation sites (N-methyl/N-ethyl adjacent to an activating group) is 1. The monoisotopic (exact) mass is 487 g/mol. The summed E-state index contributed by atoms with van der Waals surface area (Å²) in [6.07, 6.45) is 4.89. The number of aliphatic hydroxyl groups is 1. The third-order valence-electron chi connectivity index (χ3n) is 7.53. The Morgan fingerprint density at radius 2 is 1.83 bits per heavy atom. The average molecular weight is 488 g/mol. The van der Waals surface area contributed by atoms with Crippen molar-refractivity contribution < 1.29 is 9.50 Å². The van der Waals surface area contributed by atoms with Gasteiger partial charge in [-0.15, -0.1) is 0 Å². The van der Waals surface area contributed by atoms with Crippen LogP contribution in [0.15, 0.2) is 48.8 Å². The lowest BCUT2D eigenvalue weighted by molar-refractivity contribution is 0.0306. The zero-order chi connectivity index (χ0) is 24.9. The molecule has 1 atom stereocenters. The normalized spacial score (nSPS) is 20.2. The van der Waals surface area contributed by atoms with Gasteiger partial charge < -0.3 is 20.2 Å². The second kappa shape index (κ2) is 8.83. The lowest BCUT2D eigenvalue weighted by Crippen LogP contribution is -2.44. The van der Waals surface area contributed by atoms with E-state index >= 15 is 0 Å². The Balaban J connectivity index is 1.28. The van der Waals surface area contributed by atoms with Crippen molar-refractivity contribution in [3.8, 4) is 5.82 Å². The van der Waals surface area contributed by atoms with Crippen molar-refractivity contribution in [2.45, 2.75) is 31.8 Å². The van der Waals surface area contributed by atoms with Gasteiger partial charge >= 0.3 is 0 Å². The summed E-state index contributed by atoms with van der Waals surface area (Å²) < 4.78 is 16.4. The van der Waals surface area contributed by atoms with Crippen LogP contribution in [0.3, 0.4) is 0 Å². The highest BCUT2D eigenvalue weighted by Crippen LogP contribution is 2.38. The molecule has 4 aromatic rings. The minimum atomic E-state index is -0.940. The van der Waals surface area contributed by atoms with Gasteiger partial charge in [0, 0.05) is 49.9 Å². The fourth-order valence-electron chi connectivity index (χ4n) is 5.17. The average Bonchev–Trinajstić information content (AvgIpc) is 3.41. The van der Waals surface area contributed by atoms with Crippen LogP contribution in [0.4, 0.5) is 21.7 Å². The lowest BCUT2D eigenvalue weighted by atomic mass is 9.98. The second-order valence-electron chi connectivity index (χ2n) is 9.80. The highest BCUT2D eigenvalue weighted by Gasteiger charge is 2.37. The van der Waals surface area contributed by atoms with Crippen LogP contribution < -0.4 is 10.2 Å². The fourth-order valence-corrected chi connectivity index (χ4v) is 5.17. The molecule has 186 valence electrons. The molecule has 0 amide bonds. The van der Waals surface area contributed by atoms with Gasteiger partial charge in [-0.2, -0.15) is 4.98 Å². The van der Waals surface area contributed by atoms with Crippen LogP contribution >= 0.6 is 0 Å². The van der Waals surface area contributed by atoms with Crippen molar-refractivity contribution in [3.05, 3.63) is 65.9 Å². The van der Waals surface area contributed by atoms with Crippen LogP contribution in [0.25, 0.3) is 16.9 Å². The first-order valence-corrected chi connectivity index (χ1v) is 12.5. The van der Waals surface area contributed by atoms with Crippen molar-refractivity contribution in [1.29, 1.82) is 0 Å². The van der Waals surface area contributed by atoms with Crippen molar-refractivity contribution in [3.63, 3.8) is 0 Å². The Bertz CT molecular complexity index is 1410. The van der Waals surface area contributed by atoms with Gasteiger partial charge in [0.25, 0.3) is 0 Å². The SMILES string of the molecule is CC[C@]1(O)CCc2ccc(-n3cc(F)c4cnc(Nc5ccc(N6CCN(C)CC6)cc5)nc43)nc21. The predicted octanol–water partition coefficient (Wildman–Crippen LogP) is 3.99. The number of aromatic nitrogens is 4. The van der Waals surface area contributed by atoms with E-state index in [1.165, 1.54) is 18.1 Å². The number of rotatable bonds is 5. The maximum absolute atomic E-state index is 14.8. The summed E-state index contributed by atoms with van der Waals surface area (Å²) in [5.41, 5.74) is 3.24. The maximum atomic E-state index is 14.8. The number of piperazine rings is 1. The van der Waals surface area contributed by atoms with E-state index in [9.17, 15) is 9.50 Å². The van der Waals surface area contributed by atoms with E-state index in [1.54, 1.807) is 4.57 Å². The van der Waals surface area contributed by atoms with Crippen LogP contribution in [-0.4, -0.2) is 62.8 Å². The summed E-state index contributed by atoms with van der Waals surface area (Å²) >= 11 is 0. The largest absolute Gasteiger partial charge is 0.384 e. The number of nitrogens with one attached hydrogen (secondary N) is 1. The van der Waals surface area contributed by atoms with E-state index < -0.39 is 11.4 Å². The summed E-state index contributed by atoms with van der Waals surface area (Å²) in [7, 11) is 2.15. The molecule has 1 aliphatic heterocycles. The first-order valence-electron chi connectivity index (χ1n) is 12.5. The zero-order valence-corrected chi connectivity index (χ0v) is 20.6. The van der Waals surface area contributed by atoms with E-state index in [0.29, 0.717) is 41.3 Å². The fraction of sp³-hybridized carbons (Fsp3) is 0.370. The highest BCUT2D eigenvalue weighted by atomic mass is 19.1. The number of pyridine rings is 1. The van der Waals surface area contributed by atoms with Gasteiger partial charge in [0.2, 0.25) is 5.95 Å². The van der Waals surface area contributed by atoms with Crippen molar-refractivity contribution in [2.24, 2.45) is 0 Å². The van der Waals surface area contributed by atoms with Crippen molar-refractivity contribution in [2.75, 3.05) is 43.4 Å². The zero-order valence-electron chi connectivity index (χ0n) is 20.6. The summed E-state index contributed by atoms with van der Waals surface area (Å²) in [6, 6.07) is 12.0. The first kappa shape index (κ1) is 22.9. The maximum Gasteiger partial charge on any atom is 0.229 e. The van der Waals surface area contributed by atoms with Gasteiger partial charge in [-0.1, -0.05) is 13.0 Å². The Kier molecular flexibility index (Phi) is 5.61. The van der Waals surface area contributed by atoms with Gasteiger partial charge in [-0.05, 0) is 62.2 Å². The van der Waals surface area contributed by atoms with Crippen LogP contribution in [0, 0.1) is 5.82 Å². The standard InChI is InChI=1S/C27H30FN7O/c1-3-27(36)11-10-18-4-9-23(31-24(18)27)35-17-22(28)21-16-29-26(32-25(21)35)30-19-5-7-20(8-6-19)34-14-12-33(2)13-15-34/h4-9,16-17,36H,3,10-15H2,1-2H3,(H,29,30,32)/t27-/m0/s1. The van der Waals surface area contributed by atoms with Gasteiger partial charge in [-0.3, -0.25) is 4.57 Å². The van der Waals surface area contributed by atoms with E-state index in [-0.39, 0.29) is 0 Å². The number of hydrogen-bond acceptors (Lipinski definition) is 7. The molecule has 8 nitrogen and oxygen atoms in total. The minimum absolute atomic E-state index is 0.319. The molecule has 0 bridgehead atoms. The highest BCUT2D eigenvalue weighted by molar-refractivity contribution is 5.79. The molecule has 0 spiro atoms. The molecule has 2 aliphatic rings. The third kappa shape index (κ3) is 3.98. The number of aryl methyl sites for hydroxylation is 1. The van der Waals surface area contributed by atoms with Crippen molar-refractivity contribution >= 4 is 28.4 Å². The summed E-state index contributed by atoms with van der Waals surface area (Å²) in [5, 5.41) is 14.5. The van der Waals surface area contributed by atoms with Crippen LogP contribution in [0.5, 0.6) is 0 Å². The molecule has 1 saturated heterocycles. The number of benzene rings is 1. The molecule has 1 aromatic carbocycles. The number of fused-ring (bicyclic) bond motifs is 2. The van der Waals surface area contributed by atoms with Crippen LogP contribution in [0.2, 0.25) is 0 Å². The first-order chi connectivity index (χ1) is 17.4. The molecular weight excluding hydrogens is 457 g/mol. The van der Waals surface area contributed by atoms with Crippen molar-refractivity contribution in [1.82, 2.24) is 24.4 Å². The summed E-state index contributed by atoms with van der Waals surface area (Å²) in [6.45, 7) is 6.09. The number of hydrogen-bond donors (Lipinski definition) is 2. The number of anilines is 3.